The predicted octanol–water partition coefficient (Wildman–Crippen LogP) is 4.29. The van der Waals surface area contributed by atoms with E-state index < -0.39 is 18.2 Å². The molecule has 3 aromatic rings. The summed E-state index contributed by atoms with van der Waals surface area (Å²) in [6.45, 7) is 0. The topological polar surface area (TPSA) is 58.6 Å². The van der Waals surface area contributed by atoms with Crippen LogP contribution in [0.1, 0.15) is 17.2 Å². The van der Waals surface area contributed by atoms with Crippen LogP contribution in [0.2, 0.25) is 0 Å². The Kier molecular flexibility index (Phi) is 2.51. The van der Waals surface area contributed by atoms with E-state index >= 15 is 0 Å². The Bertz CT molecular complexity index is 1030. The molecule has 116 valence electrons. The number of carbonyl (C=O) groups excluding carboxylic acids is 2. The first kappa shape index (κ1) is 13.1. The van der Waals surface area contributed by atoms with Gasteiger partial charge in [0.05, 0.1) is 0 Å². The summed E-state index contributed by atoms with van der Waals surface area (Å²) in [5, 5.41) is 4.77. The molecule has 0 bridgehead atoms. The highest BCUT2D eigenvalue weighted by molar-refractivity contribution is 6.05. The number of hydrogen-bond acceptors (Lipinski definition) is 3. The average Bonchev–Trinajstić information content (AvgIpc) is 2.61. The second-order valence-corrected chi connectivity index (χ2v) is 5.86. The van der Waals surface area contributed by atoms with Gasteiger partial charge < -0.3 is 10.1 Å². The number of nitrogens with zero attached hydrogens (tertiary/aromatic N) is 1. The number of ether oxygens (including phenoxy) is 1. The Morgan fingerprint density at radius 2 is 1.71 bits per heavy atom. The third-order valence-corrected chi connectivity index (χ3v) is 4.57. The molecule has 1 unspecified atom stereocenters. The lowest BCUT2D eigenvalue weighted by atomic mass is 9.89. The van der Waals surface area contributed by atoms with E-state index in [1.54, 1.807) is 6.07 Å². The minimum absolute atomic E-state index is 0.470. The molecule has 24 heavy (non-hydrogen) atoms. The molecule has 5 rings (SSSR count). The van der Waals surface area contributed by atoms with E-state index in [4.69, 9.17) is 4.74 Å². The van der Waals surface area contributed by atoms with Gasteiger partial charge in [-0.15, -0.1) is 0 Å². The van der Waals surface area contributed by atoms with Crippen molar-refractivity contribution in [2.45, 2.75) is 6.04 Å². The first-order chi connectivity index (χ1) is 11.7. The van der Waals surface area contributed by atoms with Gasteiger partial charge in [0, 0.05) is 16.8 Å². The minimum Gasteiger partial charge on any atom is -0.409 e. The number of carbonyl (C=O) groups is 2. The Hall–Kier alpha value is -3.34. The van der Waals surface area contributed by atoms with Crippen LogP contribution in [0.25, 0.3) is 10.8 Å². The Balaban J connectivity index is 1.88. The van der Waals surface area contributed by atoms with Crippen molar-refractivity contribution < 1.29 is 14.3 Å². The summed E-state index contributed by atoms with van der Waals surface area (Å²) in [5.74, 6) is 0.504. The van der Waals surface area contributed by atoms with Gasteiger partial charge in [-0.3, -0.25) is 0 Å². The van der Waals surface area contributed by atoms with E-state index in [1.807, 2.05) is 54.6 Å². The van der Waals surface area contributed by atoms with Crippen LogP contribution in [0.4, 0.5) is 15.3 Å². The van der Waals surface area contributed by atoms with Crippen LogP contribution >= 0.6 is 0 Å². The van der Waals surface area contributed by atoms with Crippen LogP contribution in [0.5, 0.6) is 5.75 Å². The van der Waals surface area contributed by atoms with Crippen molar-refractivity contribution in [2.24, 2.45) is 0 Å². The molecule has 3 aromatic carbocycles. The SMILES string of the molecule is O=C1Nc2ccccc2C2c3c(ccc4ccccc34)OC(=O)N12. The van der Waals surface area contributed by atoms with E-state index in [0.29, 0.717) is 5.75 Å². The van der Waals surface area contributed by atoms with Gasteiger partial charge in [0.15, 0.2) is 0 Å². The lowest BCUT2D eigenvalue weighted by Crippen LogP contribution is -2.50. The molecule has 0 spiro atoms. The summed E-state index contributed by atoms with van der Waals surface area (Å²) in [7, 11) is 0. The maximum Gasteiger partial charge on any atom is 0.424 e. The normalized spacial score (nSPS) is 18.3. The van der Waals surface area contributed by atoms with Crippen molar-refractivity contribution in [1.29, 1.82) is 0 Å². The van der Waals surface area contributed by atoms with Crippen LogP contribution < -0.4 is 10.1 Å². The molecule has 0 saturated carbocycles. The van der Waals surface area contributed by atoms with Crippen molar-refractivity contribution in [2.75, 3.05) is 5.32 Å². The predicted molar refractivity (Wildman–Crippen MR) is 89.1 cm³/mol. The molecule has 5 nitrogen and oxygen atoms in total. The van der Waals surface area contributed by atoms with Gasteiger partial charge in [-0.25, -0.2) is 14.5 Å². The molecule has 0 radical (unpaired) electrons. The van der Waals surface area contributed by atoms with Crippen molar-refractivity contribution in [3.05, 3.63) is 71.8 Å². The van der Waals surface area contributed by atoms with Crippen molar-refractivity contribution in [1.82, 2.24) is 4.90 Å². The molecule has 1 atom stereocenters. The number of imide groups is 1. The van der Waals surface area contributed by atoms with Crippen LogP contribution in [0, 0.1) is 0 Å². The fraction of sp³-hybridized carbons (Fsp3) is 0.0526. The van der Waals surface area contributed by atoms with Gasteiger partial charge in [-0.2, -0.15) is 0 Å². The summed E-state index contributed by atoms with van der Waals surface area (Å²) in [6.07, 6.45) is -0.658. The summed E-state index contributed by atoms with van der Waals surface area (Å²) in [4.78, 5) is 26.0. The molecule has 5 heteroatoms. The molecular formula is C19H12N2O3. The summed E-state index contributed by atoms with van der Waals surface area (Å²) in [5.41, 5.74) is 2.44. The van der Waals surface area contributed by atoms with Crippen molar-refractivity contribution in [3.8, 4) is 5.75 Å². The zero-order chi connectivity index (χ0) is 16.3. The average molecular weight is 316 g/mol. The zero-order valence-corrected chi connectivity index (χ0v) is 12.5. The largest absolute Gasteiger partial charge is 0.424 e. The first-order valence-electron chi connectivity index (χ1n) is 7.66. The quantitative estimate of drug-likeness (QED) is 0.673. The standard InChI is InChI=1S/C19H12N2O3/c22-18-20-14-8-4-3-7-13(14)17-16-12-6-2-1-5-11(12)9-10-15(16)24-19(23)21(17)18/h1-10,17H,(H,20,22). The van der Waals surface area contributed by atoms with Gasteiger partial charge in [0.1, 0.15) is 11.8 Å². The number of hydrogen-bond donors (Lipinski definition) is 1. The van der Waals surface area contributed by atoms with E-state index in [-0.39, 0.29) is 0 Å². The summed E-state index contributed by atoms with van der Waals surface area (Å²) < 4.78 is 5.42. The van der Waals surface area contributed by atoms with Gasteiger partial charge >= 0.3 is 12.1 Å². The van der Waals surface area contributed by atoms with Gasteiger partial charge in [-0.05, 0) is 22.9 Å². The lowest BCUT2D eigenvalue weighted by molar-refractivity contribution is 0.137. The molecule has 1 N–H and O–H groups in total. The fourth-order valence-corrected chi connectivity index (χ4v) is 3.54. The smallest absolute Gasteiger partial charge is 0.409 e. The number of urea groups is 1. The van der Waals surface area contributed by atoms with E-state index in [1.165, 1.54) is 0 Å². The Morgan fingerprint density at radius 3 is 2.62 bits per heavy atom. The number of benzene rings is 3. The number of para-hydroxylation sites is 1. The highest BCUT2D eigenvalue weighted by Gasteiger charge is 2.44. The van der Waals surface area contributed by atoms with Crippen LogP contribution in [-0.2, 0) is 0 Å². The number of fused-ring (bicyclic) bond motifs is 7. The van der Waals surface area contributed by atoms with Crippen LogP contribution in [-0.4, -0.2) is 17.0 Å². The highest BCUT2D eigenvalue weighted by atomic mass is 16.6. The molecule has 3 amide bonds. The summed E-state index contributed by atoms with van der Waals surface area (Å²) >= 11 is 0. The highest BCUT2D eigenvalue weighted by Crippen LogP contribution is 2.47. The monoisotopic (exact) mass is 316 g/mol. The molecule has 0 aromatic heterocycles. The number of anilines is 1. The molecule has 2 aliphatic heterocycles. The number of rotatable bonds is 0. The third-order valence-electron chi connectivity index (χ3n) is 4.57. The van der Waals surface area contributed by atoms with Crippen LogP contribution in [0.3, 0.4) is 0 Å². The number of amides is 3. The Morgan fingerprint density at radius 1 is 0.917 bits per heavy atom. The van der Waals surface area contributed by atoms with E-state index in [2.05, 4.69) is 5.32 Å². The molecule has 0 fully saturated rings. The first-order valence-corrected chi connectivity index (χ1v) is 7.66. The molecule has 0 saturated heterocycles. The van der Waals surface area contributed by atoms with Crippen molar-refractivity contribution in [3.63, 3.8) is 0 Å². The molecular weight excluding hydrogens is 304 g/mol. The molecule has 2 aliphatic rings. The molecule has 0 aliphatic carbocycles. The second-order valence-electron chi connectivity index (χ2n) is 5.86. The summed E-state index contributed by atoms with van der Waals surface area (Å²) in [6, 6.07) is 18.2. The fourth-order valence-electron chi connectivity index (χ4n) is 3.54. The van der Waals surface area contributed by atoms with Crippen molar-refractivity contribution >= 4 is 28.6 Å². The minimum atomic E-state index is -0.658. The third kappa shape index (κ3) is 1.64. The number of nitrogens with one attached hydrogen (secondary N) is 1. The van der Waals surface area contributed by atoms with Gasteiger partial charge in [0.25, 0.3) is 0 Å². The maximum absolute atomic E-state index is 12.5. The van der Waals surface area contributed by atoms with E-state index in [9.17, 15) is 9.59 Å². The Labute approximate surface area is 137 Å². The maximum atomic E-state index is 12.5. The zero-order valence-electron chi connectivity index (χ0n) is 12.5. The molecule has 2 heterocycles. The van der Waals surface area contributed by atoms with Gasteiger partial charge in [0.2, 0.25) is 0 Å². The van der Waals surface area contributed by atoms with Gasteiger partial charge in [-0.1, -0.05) is 48.5 Å². The lowest BCUT2D eigenvalue weighted by Gasteiger charge is -2.39. The second kappa shape index (κ2) is 4.58. The van der Waals surface area contributed by atoms with Crippen LogP contribution in [0.15, 0.2) is 60.7 Å². The van der Waals surface area contributed by atoms with E-state index in [0.717, 1.165) is 32.5 Å².